The first-order valence-electron chi connectivity index (χ1n) is 8.36. The molecular weight excluding hydrogens is 352 g/mol. The lowest BCUT2D eigenvalue weighted by molar-refractivity contribution is 0.0425. The lowest BCUT2D eigenvalue weighted by Crippen LogP contribution is -2.08. The summed E-state index contributed by atoms with van der Waals surface area (Å²) in [6, 6.07) is 12.2. The van der Waals surface area contributed by atoms with E-state index in [1.165, 1.54) is 0 Å². The van der Waals surface area contributed by atoms with Crippen molar-refractivity contribution in [1.82, 2.24) is 10.1 Å². The molecule has 0 bridgehead atoms. The molecule has 0 unspecified atom stereocenters. The van der Waals surface area contributed by atoms with Gasteiger partial charge in [0.25, 0.3) is 5.89 Å². The van der Waals surface area contributed by atoms with E-state index in [2.05, 4.69) is 10.1 Å². The predicted octanol–water partition coefficient (Wildman–Crippen LogP) is 3.22. The fraction of sp³-hybridized carbons (Fsp3) is 0.211. The molecule has 2 aromatic carbocycles. The zero-order valence-corrected chi connectivity index (χ0v) is 14.5. The summed E-state index contributed by atoms with van der Waals surface area (Å²) in [5.74, 6) is 1.79. The van der Waals surface area contributed by atoms with Gasteiger partial charge in [0.05, 0.1) is 6.61 Å². The van der Waals surface area contributed by atoms with Crippen LogP contribution < -0.4 is 14.2 Å². The first-order valence-corrected chi connectivity index (χ1v) is 8.36. The van der Waals surface area contributed by atoms with Gasteiger partial charge in [-0.05, 0) is 37.3 Å². The van der Waals surface area contributed by atoms with Gasteiger partial charge in [0.2, 0.25) is 12.6 Å². The summed E-state index contributed by atoms with van der Waals surface area (Å²) in [4.78, 5) is 16.5. The fourth-order valence-corrected chi connectivity index (χ4v) is 2.59. The minimum absolute atomic E-state index is 0.142. The van der Waals surface area contributed by atoms with Crippen molar-refractivity contribution in [3.8, 4) is 28.6 Å². The topological polar surface area (TPSA) is 92.9 Å². The molecule has 3 aromatic rings. The van der Waals surface area contributed by atoms with Crippen LogP contribution in [0.25, 0.3) is 11.4 Å². The summed E-state index contributed by atoms with van der Waals surface area (Å²) >= 11 is 0. The van der Waals surface area contributed by atoms with Crippen LogP contribution in [0.3, 0.4) is 0 Å². The van der Waals surface area contributed by atoms with Gasteiger partial charge >= 0.3 is 5.97 Å². The van der Waals surface area contributed by atoms with Crippen molar-refractivity contribution in [2.45, 2.75) is 13.5 Å². The van der Waals surface area contributed by atoms with E-state index < -0.39 is 5.97 Å². The molecule has 0 saturated heterocycles. The Morgan fingerprint density at radius 1 is 1.15 bits per heavy atom. The molecule has 0 amide bonds. The van der Waals surface area contributed by atoms with E-state index in [0.29, 0.717) is 40.8 Å². The highest BCUT2D eigenvalue weighted by Gasteiger charge is 2.18. The van der Waals surface area contributed by atoms with Crippen LogP contribution in [0, 0.1) is 0 Å². The maximum atomic E-state index is 12.3. The van der Waals surface area contributed by atoms with Crippen molar-refractivity contribution < 1.29 is 28.3 Å². The van der Waals surface area contributed by atoms with Crippen LogP contribution in [0.15, 0.2) is 47.0 Å². The van der Waals surface area contributed by atoms with Crippen molar-refractivity contribution in [3.63, 3.8) is 0 Å². The SMILES string of the molecule is CCOc1ccccc1C(=O)OCc1nc(-c2ccc3c(c2)OCO3)no1. The number of fused-ring (bicyclic) bond motifs is 1. The summed E-state index contributed by atoms with van der Waals surface area (Å²) in [6.45, 7) is 2.34. The van der Waals surface area contributed by atoms with E-state index in [4.69, 9.17) is 23.5 Å². The second-order valence-electron chi connectivity index (χ2n) is 5.59. The predicted molar refractivity (Wildman–Crippen MR) is 92.6 cm³/mol. The third-order valence-corrected chi connectivity index (χ3v) is 3.83. The molecule has 1 aromatic heterocycles. The molecule has 0 spiro atoms. The largest absolute Gasteiger partial charge is 0.493 e. The van der Waals surface area contributed by atoms with Crippen LogP contribution in [0.5, 0.6) is 17.2 Å². The molecule has 0 fully saturated rings. The second-order valence-corrected chi connectivity index (χ2v) is 5.59. The highest BCUT2D eigenvalue weighted by atomic mass is 16.7. The van der Waals surface area contributed by atoms with Gasteiger partial charge in [-0.15, -0.1) is 0 Å². The molecule has 1 aliphatic heterocycles. The molecule has 0 atom stereocenters. The van der Waals surface area contributed by atoms with Gasteiger partial charge in [0.15, 0.2) is 18.1 Å². The Bertz CT molecular complexity index is 968. The Morgan fingerprint density at radius 3 is 2.89 bits per heavy atom. The zero-order valence-electron chi connectivity index (χ0n) is 14.5. The molecule has 0 aliphatic carbocycles. The highest BCUT2D eigenvalue weighted by molar-refractivity contribution is 5.92. The van der Waals surface area contributed by atoms with Crippen LogP contribution in [0.2, 0.25) is 0 Å². The third kappa shape index (κ3) is 3.55. The van der Waals surface area contributed by atoms with Crippen molar-refractivity contribution in [2.24, 2.45) is 0 Å². The molecule has 0 saturated carbocycles. The Balaban J connectivity index is 1.43. The molecule has 27 heavy (non-hydrogen) atoms. The Morgan fingerprint density at radius 2 is 2.00 bits per heavy atom. The number of rotatable bonds is 6. The average Bonchev–Trinajstić information content (AvgIpc) is 3.35. The lowest BCUT2D eigenvalue weighted by Gasteiger charge is -2.08. The standard InChI is InChI=1S/C19H16N2O6/c1-2-23-14-6-4-3-5-13(14)19(22)24-10-17-20-18(21-27-17)12-7-8-15-16(9-12)26-11-25-15/h3-9H,2,10-11H2,1H3. The fourth-order valence-electron chi connectivity index (χ4n) is 2.59. The molecule has 8 heteroatoms. The van der Waals surface area contributed by atoms with Crippen LogP contribution in [0.1, 0.15) is 23.2 Å². The molecule has 1 aliphatic rings. The Kier molecular flexibility index (Phi) is 4.61. The van der Waals surface area contributed by atoms with E-state index in [9.17, 15) is 4.79 Å². The van der Waals surface area contributed by atoms with E-state index in [0.717, 1.165) is 0 Å². The van der Waals surface area contributed by atoms with Gasteiger partial charge in [-0.25, -0.2) is 4.79 Å². The maximum Gasteiger partial charge on any atom is 0.342 e. The van der Waals surface area contributed by atoms with Crippen molar-refractivity contribution in [2.75, 3.05) is 13.4 Å². The van der Waals surface area contributed by atoms with Crippen LogP contribution in [-0.2, 0) is 11.3 Å². The first kappa shape index (κ1) is 16.9. The third-order valence-electron chi connectivity index (χ3n) is 3.83. The van der Waals surface area contributed by atoms with Crippen LogP contribution >= 0.6 is 0 Å². The van der Waals surface area contributed by atoms with E-state index in [-0.39, 0.29) is 19.3 Å². The van der Waals surface area contributed by atoms with E-state index in [1.807, 2.05) is 6.92 Å². The number of hydrogen-bond donors (Lipinski definition) is 0. The van der Waals surface area contributed by atoms with E-state index >= 15 is 0 Å². The monoisotopic (exact) mass is 368 g/mol. The summed E-state index contributed by atoms with van der Waals surface area (Å²) < 4.78 is 26.5. The van der Waals surface area contributed by atoms with Crippen LogP contribution in [-0.4, -0.2) is 29.5 Å². The first-order chi connectivity index (χ1) is 13.2. The Hall–Kier alpha value is -3.55. The maximum absolute atomic E-state index is 12.3. The number of esters is 1. The minimum atomic E-state index is -0.526. The summed E-state index contributed by atoms with van der Waals surface area (Å²) in [7, 11) is 0. The molecule has 2 heterocycles. The number of carbonyl (C=O) groups is 1. The van der Waals surface area contributed by atoms with Crippen molar-refractivity contribution in [1.29, 1.82) is 0 Å². The Labute approximate surface area is 154 Å². The molecule has 0 radical (unpaired) electrons. The minimum Gasteiger partial charge on any atom is -0.493 e. The van der Waals surface area contributed by atoms with E-state index in [1.54, 1.807) is 42.5 Å². The number of nitrogens with zero attached hydrogens (tertiary/aromatic N) is 2. The number of hydrogen-bond acceptors (Lipinski definition) is 8. The van der Waals surface area contributed by atoms with Gasteiger partial charge < -0.3 is 23.5 Å². The molecule has 4 rings (SSSR count). The zero-order chi connectivity index (χ0) is 18.6. The summed E-state index contributed by atoms with van der Waals surface area (Å²) in [5.41, 5.74) is 1.05. The molecular formula is C19H16N2O6. The number of benzene rings is 2. The normalized spacial score (nSPS) is 12.0. The van der Waals surface area contributed by atoms with Gasteiger partial charge in [-0.3, -0.25) is 0 Å². The van der Waals surface area contributed by atoms with Gasteiger partial charge in [0.1, 0.15) is 11.3 Å². The second kappa shape index (κ2) is 7.36. The number of ether oxygens (including phenoxy) is 4. The lowest BCUT2D eigenvalue weighted by atomic mass is 10.2. The smallest absolute Gasteiger partial charge is 0.342 e. The van der Waals surface area contributed by atoms with Gasteiger partial charge in [-0.1, -0.05) is 17.3 Å². The average molecular weight is 368 g/mol. The summed E-state index contributed by atoms with van der Waals surface area (Å²) in [6.07, 6.45) is 0. The number of aromatic nitrogens is 2. The summed E-state index contributed by atoms with van der Waals surface area (Å²) in [5, 5.41) is 3.91. The van der Waals surface area contributed by atoms with Crippen LogP contribution in [0.4, 0.5) is 0 Å². The molecule has 138 valence electrons. The highest BCUT2D eigenvalue weighted by Crippen LogP contribution is 2.35. The number of para-hydroxylation sites is 1. The van der Waals surface area contributed by atoms with Crippen molar-refractivity contribution >= 4 is 5.97 Å². The van der Waals surface area contributed by atoms with Gasteiger partial charge in [-0.2, -0.15) is 4.98 Å². The quantitative estimate of drug-likeness (QED) is 0.612. The number of carbonyl (C=O) groups excluding carboxylic acids is 1. The molecule has 8 nitrogen and oxygen atoms in total. The van der Waals surface area contributed by atoms with Crippen molar-refractivity contribution in [3.05, 3.63) is 53.9 Å². The molecule has 0 N–H and O–H groups in total. The van der Waals surface area contributed by atoms with Gasteiger partial charge in [0, 0.05) is 5.56 Å².